The van der Waals surface area contributed by atoms with Crippen molar-refractivity contribution in [2.75, 3.05) is 32.7 Å². The molecule has 2 atom stereocenters. The molecule has 3 aliphatic rings. The van der Waals surface area contributed by atoms with E-state index in [1.54, 1.807) is 23.9 Å². The molecule has 1 aromatic carbocycles. The zero-order chi connectivity index (χ0) is 22.5. The van der Waals surface area contributed by atoms with Crippen LogP contribution in [-0.2, 0) is 19.8 Å². The van der Waals surface area contributed by atoms with Gasteiger partial charge in [-0.05, 0) is 35.4 Å². The summed E-state index contributed by atoms with van der Waals surface area (Å²) in [6, 6.07) is 5.72. The van der Waals surface area contributed by atoms with Crippen molar-refractivity contribution in [2.24, 2.45) is 24.8 Å². The number of imidazole rings is 1. The topological polar surface area (TPSA) is 62.6 Å². The second-order valence-corrected chi connectivity index (χ2v) is 9.08. The van der Waals surface area contributed by atoms with Crippen molar-refractivity contribution in [1.29, 1.82) is 0 Å². The van der Waals surface area contributed by atoms with Crippen LogP contribution in [0, 0.1) is 17.8 Å². The summed E-state index contributed by atoms with van der Waals surface area (Å²) in [4.78, 5) is 21.0. The number of nitrogens with zero attached hydrogens (tertiary/aromatic N) is 4. The van der Waals surface area contributed by atoms with Crippen molar-refractivity contribution in [3.05, 3.63) is 47.9 Å². The van der Waals surface area contributed by atoms with E-state index in [0.717, 1.165) is 38.3 Å². The first kappa shape index (κ1) is 21.3. The largest absolute Gasteiger partial charge is 0.416 e. The minimum Gasteiger partial charge on any atom is -0.389 e. The quantitative estimate of drug-likeness (QED) is 0.735. The minimum atomic E-state index is -4.43. The molecule has 0 radical (unpaired) electrons. The predicted octanol–water partition coefficient (Wildman–Crippen LogP) is 2.59. The van der Waals surface area contributed by atoms with Crippen LogP contribution < -0.4 is 10.1 Å². The first-order valence-corrected chi connectivity index (χ1v) is 10.8. The second kappa shape index (κ2) is 8.08. The Bertz CT molecular complexity index is 978. The highest BCUT2D eigenvalue weighted by molar-refractivity contribution is 5.70. The Balaban J connectivity index is 1.28. The van der Waals surface area contributed by atoms with Gasteiger partial charge in [0.1, 0.15) is 0 Å². The lowest BCUT2D eigenvalue weighted by Crippen LogP contribution is -2.57. The fraction of sp³-hybridized carbons (Fsp3) is 0.545. The van der Waals surface area contributed by atoms with E-state index < -0.39 is 17.8 Å². The number of hydrogen-bond acceptors (Lipinski definition) is 5. The van der Waals surface area contributed by atoms with Crippen LogP contribution in [0.4, 0.5) is 18.0 Å². The molecular weight excluding hydrogens is 423 g/mol. The Morgan fingerprint density at radius 1 is 1.28 bits per heavy atom. The number of amides is 1. The maximum Gasteiger partial charge on any atom is 0.416 e. The van der Waals surface area contributed by atoms with Crippen LogP contribution in [-0.4, -0.2) is 64.2 Å². The van der Waals surface area contributed by atoms with Gasteiger partial charge < -0.3 is 19.5 Å². The molecule has 7 nitrogen and oxygen atoms in total. The molecule has 2 saturated heterocycles. The van der Waals surface area contributed by atoms with Crippen LogP contribution >= 0.6 is 0 Å². The number of likely N-dealkylation sites (tertiary alicyclic amines) is 1. The molecule has 32 heavy (non-hydrogen) atoms. The number of carbonyl (C=O) groups excluding carboxylic acids is 1. The molecule has 1 aliphatic carbocycles. The molecule has 1 amide bonds. The Hall–Kier alpha value is -2.59. The van der Waals surface area contributed by atoms with Gasteiger partial charge in [0.15, 0.2) is 0 Å². The summed E-state index contributed by atoms with van der Waals surface area (Å²) in [5, 5.41) is 3.29. The number of rotatable bonds is 6. The highest BCUT2D eigenvalue weighted by atomic mass is 19.4. The van der Waals surface area contributed by atoms with Gasteiger partial charge in [0.05, 0.1) is 18.1 Å². The van der Waals surface area contributed by atoms with Crippen molar-refractivity contribution < 1.29 is 22.7 Å². The minimum absolute atomic E-state index is 0.0573. The van der Waals surface area contributed by atoms with Crippen molar-refractivity contribution in [2.45, 2.75) is 18.8 Å². The van der Waals surface area contributed by atoms with E-state index in [2.05, 4.69) is 15.2 Å². The van der Waals surface area contributed by atoms with Crippen LogP contribution in [0.15, 0.2) is 36.8 Å². The predicted molar refractivity (Wildman–Crippen MR) is 110 cm³/mol. The third-order valence-electron chi connectivity index (χ3n) is 6.87. The number of benzene rings is 1. The molecule has 172 valence electrons. The number of piperidine rings is 1. The van der Waals surface area contributed by atoms with Gasteiger partial charge >= 0.3 is 12.3 Å². The van der Waals surface area contributed by atoms with Gasteiger partial charge in [0.2, 0.25) is 5.88 Å². The maximum atomic E-state index is 13.1. The second-order valence-electron chi connectivity index (χ2n) is 9.08. The highest BCUT2D eigenvalue weighted by Gasteiger charge is 2.57. The monoisotopic (exact) mass is 449 g/mol. The average molecular weight is 449 g/mol. The van der Waals surface area contributed by atoms with E-state index in [0.29, 0.717) is 35.9 Å². The lowest BCUT2D eigenvalue weighted by molar-refractivity contribution is -0.137. The summed E-state index contributed by atoms with van der Waals surface area (Å²) in [6.07, 6.45) is -1.92. The summed E-state index contributed by atoms with van der Waals surface area (Å²) in [6.45, 7) is 4.63. The molecule has 3 fully saturated rings. The van der Waals surface area contributed by atoms with E-state index in [-0.39, 0.29) is 12.4 Å². The molecule has 2 aromatic rings. The average Bonchev–Trinajstić information content (AvgIpc) is 3.02. The Morgan fingerprint density at radius 2 is 2.03 bits per heavy atom. The molecule has 1 saturated carbocycles. The number of carbonyl (C=O) groups is 1. The lowest BCUT2D eigenvalue weighted by atomic mass is 10.1. The standard InChI is InChI=1S/C22H26F3N5O2/c1-28-12-20(27-13-28)32-21(31)30(8-14-3-2-4-15(5-14)22(23,24)25)11-19-17-9-29(10-18(17)19)16-6-26-7-16/h2-5,12-13,16-19,26H,6-11H2,1H3. The van der Waals surface area contributed by atoms with Gasteiger partial charge in [-0.2, -0.15) is 13.2 Å². The molecule has 0 spiro atoms. The number of alkyl halides is 3. The van der Waals surface area contributed by atoms with Crippen LogP contribution in [0.1, 0.15) is 11.1 Å². The van der Waals surface area contributed by atoms with Gasteiger partial charge in [-0.3, -0.25) is 4.90 Å². The van der Waals surface area contributed by atoms with E-state index in [1.165, 1.54) is 17.3 Å². The number of aromatic nitrogens is 2. The van der Waals surface area contributed by atoms with E-state index in [9.17, 15) is 18.0 Å². The van der Waals surface area contributed by atoms with Crippen molar-refractivity contribution in [3.8, 4) is 5.88 Å². The lowest BCUT2D eigenvalue weighted by Gasteiger charge is -2.37. The SMILES string of the molecule is Cn1cnc(OC(=O)N(Cc2cccc(C(F)(F)F)c2)CC2C3CN(C4CNC4)CC23)c1. The zero-order valence-corrected chi connectivity index (χ0v) is 17.8. The number of fused-ring (bicyclic) bond motifs is 1. The summed E-state index contributed by atoms with van der Waals surface area (Å²) in [5.41, 5.74) is -0.299. The molecule has 3 heterocycles. The molecule has 5 rings (SSSR count). The third-order valence-corrected chi connectivity index (χ3v) is 6.87. The van der Waals surface area contributed by atoms with Crippen molar-refractivity contribution >= 4 is 6.09 Å². The molecule has 0 bridgehead atoms. The number of nitrogens with one attached hydrogen (secondary N) is 1. The number of hydrogen-bond donors (Lipinski definition) is 1. The molecule has 1 aromatic heterocycles. The first-order chi connectivity index (χ1) is 15.3. The van der Waals surface area contributed by atoms with E-state index in [4.69, 9.17) is 4.74 Å². The van der Waals surface area contributed by atoms with Gasteiger partial charge in [-0.25, -0.2) is 9.78 Å². The fourth-order valence-electron chi connectivity index (χ4n) is 4.90. The Kier molecular flexibility index (Phi) is 5.37. The maximum absolute atomic E-state index is 13.1. The molecule has 2 unspecified atom stereocenters. The van der Waals surface area contributed by atoms with Crippen molar-refractivity contribution in [3.63, 3.8) is 0 Å². The van der Waals surface area contributed by atoms with Crippen LogP contribution in [0.5, 0.6) is 5.88 Å². The number of ether oxygens (including phenoxy) is 1. The van der Waals surface area contributed by atoms with Gasteiger partial charge in [-0.15, -0.1) is 0 Å². The Morgan fingerprint density at radius 3 is 2.62 bits per heavy atom. The highest BCUT2D eigenvalue weighted by Crippen LogP contribution is 2.52. The van der Waals surface area contributed by atoms with Crippen LogP contribution in [0.25, 0.3) is 0 Å². The fourth-order valence-corrected chi connectivity index (χ4v) is 4.90. The summed E-state index contributed by atoms with van der Waals surface area (Å²) < 4.78 is 46.5. The number of aryl methyl sites for hydroxylation is 1. The van der Waals surface area contributed by atoms with Gasteiger partial charge in [0, 0.05) is 52.4 Å². The summed E-state index contributed by atoms with van der Waals surface area (Å²) in [7, 11) is 1.76. The van der Waals surface area contributed by atoms with Gasteiger partial charge in [-0.1, -0.05) is 12.1 Å². The first-order valence-electron chi connectivity index (χ1n) is 10.8. The number of halogens is 3. The van der Waals surface area contributed by atoms with Crippen LogP contribution in [0.2, 0.25) is 0 Å². The molecular formula is C22H26F3N5O2. The molecule has 10 heteroatoms. The molecule has 1 N–H and O–H groups in total. The van der Waals surface area contributed by atoms with E-state index in [1.807, 2.05) is 0 Å². The zero-order valence-electron chi connectivity index (χ0n) is 17.8. The van der Waals surface area contributed by atoms with E-state index >= 15 is 0 Å². The molecule has 2 aliphatic heterocycles. The summed E-state index contributed by atoms with van der Waals surface area (Å²) in [5.74, 6) is 1.58. The van der Waals surface area contributed by atoms with Crippen molar-refractivity contribution in [1.82, 2.24) is 24.7 Å². The van der Waals surface area contributed by atoms with Crippen LogP contribution in [0.3, 0.4) is 0 Å². The van der Waals surface area contributed by atoms with Gasteiger partial charge in [0.25, 0.3) is 0 Å². The smallest absolute Gasteiger partial charge is 0.389 e. The summed E-state index contributed by atoms with van der Waals surface area (Å²) >= 11 is 0. The Labute approximate surface area is 184 Å². The third kappa shape index (κ3) is 4.33. The normalized spacial score (nSPS) is 25.3.